The predicted molar refractivity (Wildman–Crippen MR) is 96.7 cm³/mol. The van der Waals surface area contributed by atoms with Gasteiger partial charge in [0.25, 0.3) is 15.9 Å². The Kier molecular flexibility index (Phi) is 5.15. The van der Waals surface area contributed by atoms with Crippen LogP contribution in [0.2, 0.25) is 0 Å². The average molecular weight is 376 g/mol. The Bertz CT molecular complexity index is 890. The van der Waals surface area contributed by atoms with Crippen LogP contribution in [-0.2, 0) is 10.0 Å². The van der Waals surface area contributed by atoms with Crippen molar-refractivity contribution < 1.29 is 23.1 Å². The van der Waals surface area contributed by atoms with Crippen molar-refractivity contribution in [1.82, 2.24) is 4.90 Å². The third-order valence-corrected chi connectivity index (χ3v) is 5.62. The summed E-state index contributed by atoms with van der Waals surface area (Å²) in [5.41, 5.74) is 0.704. The number of hydrogen-bond donors (Lipinski definition) is 2. The van der Waals surface area contributed by atoms with Crippen molar-refractivity contribution in [3.63, 3.8) is 0 Å². The first-order valence-corrected chi connectivity index (χ1v) is 9.58. The number of likely N-dealkylation sites (tertiary alicyclic amines) is 1. The molecule has 0 bridgehead atoms. The number of sulfonamides is 1. The minimum absolute atomic E-state index is 0.0124. The first-order valence-electron chi connectivity index (χ1n) is 8.10. The first-order chi connectivity index (χ1) is 12.4. The molecule has 0 saturated carbocycles. The summed E-state index contributed by atoms with van der Waals surface area (Å²) in [6.45, 7) is 1.01. The number of aliphatic hydroxyl groups excluding tert-OH is 1. The largest absolute Gasteiger partial charge is 0.497 e. The predicted octanol–water partition coefficient (Wildman–Crippen LogP) is 1.56. The monoisotopic (exact) mass is 376 g/mol. The van der Waals surface area contributed by atoms with Crippen molar-refractivity contribution in [3.8, 4) is 5.75 Å². The average Bonchev–Trinajstić information content (AvgIpc) is 2.61. The van der Waals surface area contributed by atoms with Crippen molar-refractivity contribution in [3.05, 3.63) is 54.1 Å². The minimum atomic E-state index is -3.82. The summed E-state index contributed by atoms with van der Waals surface area (Å²) in [5.74, 6) is 0.482. The van der Waals surface area contributed by atoms with Gasteiger partial charge in [-0.15, -0.1) is 0 Å². The van der Waals surface area contributed by atoms with Gasteiger partial charge in [-0.1, -0.05) is 6.07 Å². The second-order valence-electron chi connectivity index (χ2n) is 6.12. The lowest BCUT2D eigenvalue weighted by Gasteiger charge is -2.38. The SMILES string of the molecule is COc1ccc(NS(=O)(=O)c2cccc(C(=O)N3CC(CO)C3)c2)cc1. The molecule has 0 atom stereocenters. The summed E-state index contributed by atoms with van der Waals surface area (Å²) < 4.78 is 32.7. The number of benzene rings is 2. The molecule has 7 nitrogen and oxygen atoms in total. The zero-order chi connectivity index (χ0) is 18.7. The Labute approximate surface area is 152 Å². The highest BCUT2D eigenvalue weighted by Crippen LogP contribution is 2.22. The highest BCUT2D eigenvalue weighted by Gasteiger charge is 2.31. The fraction of sp³-hybridized carbons (Fsp3) is 0.278. The summed E-state index contributed by atoms with van der Waals surface area (Å²) in [6.07, 6.45) is 0. The molecule has 1 aliphatic heterocycles. The highest BCUT2D eigenvalue weighted by molar-refractivity contribution is 7.92. The molecule has 8 heteroatoms. The molecule has 2 aromatic rings. The molecular weight excluding hydrogens is 356 g/mol. The van der Waals surface area contributed by atoms with Crippen LogP contribution in [-0.4, -0.2) is 51.1 Å². The van der Waals surface area contributed by atoms with Crippen LogP contribution in [0.3, 0.4) is 0 Å². The van der Waals surface area contributed by atoms with Crippen LogP contribution in [0.25, 0.3) is 0 Å². The van der Waals surface area contributed by atoms with Crippen LogP contribution in [0, 0.1) is 5.92 Å². The molecule has 0 aromatic heterocycles. The van der Waals surface area contributed by atoms with E-state index in [1.165, 1.54) is 19.2 Å². The van der Waals surface area contributed by atoms with Crippen LogP contribution in [0.4, 0.5) is 5.69 Å². The lowest BCUT2D eigenvalue weighted by molar-refractivity contribution is 0.0362. The van der Waals surface area contributed by atoms with E-state index in [0.717, 1.165) is 0 Å². The summed E-state index contributed by atoms with van der Waals surface area (Å²) in [7, 11) is -2.29. The number of aliphatic hydroxyl groups is 1. The van der Waals surface area contributed by atoms with Crippen LogP contribution >= 0.6 is 0 Å². The molecule has 0 spiro atoms. The number of amides is 1. The number of methoxy groups -OCH3 is 1. The molecule has 1 heterocycles. The fourth-order valence-electron chi connectivity index (χ4n) is 2.70. The van der Waals surface area contributed by atoms with Crippen molar-refractivity contribution in [1.29, 1.82) is 0 Å². The Balaban J connectivity index is 1.76. The fourth-order valence-corrected chi connectivity index (χ4v) is 3.81. The highest BCUT2D eigenvalue weighted by atomic mass is 32.2. The van der Waals surface area contributed by atoms with E-state index in [1.54, 1.807) is 41.3 Å². The molecule has 0 unspecified atom stereocenters. The van der Waals surface area contributed by atoms with Crippen LogP contribution in [0.5, 0.6) is 5.75 Å². The molecule has 26 heavy (non-hydrogen) atoms. The van der Waals surface area contributed by atoms with E-state index in [-0.39, 0.29) is 23.3 Å². The summed E-state index contributed by atoms with van der Waals surface area (Å²) >= 11 is 0. The van der Waals surface area contributed by atoms with Gasteiger partial charge in [0.1, 0.15) is 5.75 Å². The number of carbonyl (C=O) groups excluding carboxylic acids is 1. The van der Waals surface area contributed by atoms with E-state index < -0.39 is 10.0 Å². The van der Waals surface area contributed by atoms with Crippen LogP contribution in [0.1, 0.15) is 10.4 Å². The number of anilines is 1. The Morgan fingerprint density at radius 3 is 2.54 bits per heavy atom. The molecule has 1 fully saturated rings. The van der Waals surface area contributed by atoms with Gasteiger partial charge in [0.15, 0.2) is 0 Å². The molecule has 138 valence electrons. The van der Waals surface area contributed by atoms with Gasteiger partial charge in [0.05, 0.1) is 12.0 Å². The van der Waals surface area contributed by atoms with E-state index in [1.807, 2.05) is 0 Å². The molecule has 2 N–H and O–H groups in total. The second-order valence-corrected chi connectivity index (χ2v) is 7.80. The minimum Gasteiger partial charge on any atom is -0.497 e. The quantitative estimate of drug-likeness (QED) is 0.798. The molecule has 0 radical (unpaired) electrons. The zero-order valence-electron chi connectivity index (χ0n) is 14.3. The van der Waals surface area contributed by atoms with Crippen molar-refractivity contribution in [2.24, 2.45) is 5.92 Å². The third-order valence-electron chi connectivity index (χ3n) is 4.24. The molecule has 0 aliphatic carbocycles. The second kappa shape index (κ2) is 7.35. The third kappa shape index (κ3) is 3.81. The smallest absolute Gasteiger partial charge is 0.261 e. The number of nitrogens with zero attached hydrogens (tertiary/aromatic N) is 1. The van der Waals surface area contributed by atoms with Crippen LogP contribution in [0.15, 0.2) is 53.4 Å². The number of hydrogen-bond acceptors (Lipinski definition) is 5. The topological polar surface area (TPSA) is 95.9 Å². The lowest BCUT2D eigenvalue weighted by Crippen LogP contribution is -2.51. The first kappa shape index (κ1) is 18.2. The molecule has 1 aliphatic rings. The standard InChI is InChI=1S/C18H20N2O5S/c1-25-16-7-5-15(6-8-16)19-26(23,24)17-4-2-3-14(9-17)18(22)20-10-13(11-20)12-21/h2-9,13,19,21H,10-12H2,1H3. The molecule has 3 rings (SSSR count). The van der Waals surface area contributed by atoms with Gasteiger partial charge in [-0.2, -0.15) is 0 Å². The van der Waals surface area contributed by atoms with Gasteiger partial charge in [-0.25, -0.2) is 8.42 Å². The maximum Gasteiger partial charge on any atom is 0.261 e. The van der Waals surface area contributed by atoms with Gasteiger partial charge in [-0.3, -0.25) is 9.52 Å². The Morgan fingerprint density at radius 1 is 1.23 bits per heavy atom. The Morgan fingerprint density at radius 2 is 1.92 bits per heavy atom. The van der Waals surface area contributed by atoms with Gasteiger partial charge < -0.3 is 14.7 Å². The zero-order valence-corrected chi connectivity index (χ0v) is 15.1. The normalized spacial score (nSPS) is 14.6. The number of rotatable bonds is 6. The van der Waals surface area contributed by atoms with Crippen molar-refractivity contribution in [2.45, 2.75) is 4.90 Å². The maximum absolute atomic E-state index is 12.6. The summed E-state index contributed by atoms with van der Waals surface area (Å²) in [5, 5.41) is 9.05. The lowest BCUT2D eigenvalue weighted by atomic mass is 10.00. The van der Waals surface area contributed by atoms with E-state index in [9.17, 15) is 13.2 Å². The van der Waals surface area contributed by atoms with Crippen molar-refractivity contribution in [2.75, 3.05) is 31.5 Å². The Hall–Kier alpha value is -2.58. The molecule has 2 aromatic carbocycles. The molecule has 1 amide bonds. The summed E-state index contributed by atoms with van der Waals surface area (Å²) in [6, 6.07) is 12.4. The van der Waals surface area contributed by atoms with E-state index in [2.05, 4.69) is 4.72 Å². The summed E-state index contributed by atoms with van der Waals surface area (Å²) in [4.78, 5) is 14.0. The van der Waals surface area contributed by atoms with E-state index in [0.29, 0.717) is 30.1 Å². The van der Waals surface area contributed by atoms with E-state index >= 15 is 0 Å². The number of nitrogens with one attached hydrogen (secondary N) is 1. The molecule has 1 saturated heterocycles. The van der Waals surface area contributed by atoms with E-state index in [4.69, 9.17) is 9.84 Å². The number of ether oxygens (including phenoxy) is 1. The maximum atomic E-state index is 12.6. The van der Waals surface area contributed by atoms with Gasteiger partial charge in [0.2, 0.25) is 0 Å². The van der Waals surface area contributed by atoms with Crippen molar-refractivity contribution >= 4 is 21.6 Å². The molecular formula is C18H20N2O5S. The number of carbonyl (C=O) groups is 1. The van der Waals surface area contributed by atoms with Gasteiger partial charge >= 0.3 is 0 Å². The van der Waals surface area contributed by atoms with Gasteiger partial charge in [-0.05, 0) is 42.5 Å². The van der Waals surface area contributed by atoms with Gasteiger partial charge in [0, 0.05) is 36.9 Å². The van der Waals surface area contributed by atoms with Crippen LogP contribution < -0.4 is 9.46 Å².